The Bertz CT molecular complexity index is 625. The molecule has 2 rings (SSSR count). The van der Waals surface area contributed by atoms with E-state index in [-0.39, 0.29) is 23.2 Å². The van der Waals surface area contributed by atoms with E-state index in [1.165, 1.54) is 11.2 Å². The molecule has 0 saturated carbocycles. The van der Waals surface area contributed by atoms with Crippen molar-refractivity contribution in [1.82, 2.24) is 14.5 Å². The third-order valence-corrected chi connectivity index (χ3v) is 5.79. The highest BCUT2D eigenvalue weighted by Crippen LogP contribution is 2.30. The van der Waals surface area contributed by atoms with Gasteiger partial charge in [-0.05, 0) is 32.6 Å². The van der Waals surface area contributed by atoms with E-state index in [4.69, 9.17) is 10.2 Å². The van der Waals surface area contributed by atoms with E-state index in [0.717, 1.165) is 12.8 Å². The number of hydrogen-bond donors (Lipinski definition) is 3. The van der Waals surface area contributed by atoms with Crippen LogP contribution in [-0.2, 0) is 10.0 Å². The standard InChI is InChI=1S/C12H19N3O5S/c1-8-11(10(12(17)18)14-13-8)21(19,20)15-6-2-4-9(15)5-3-7-16/h9,16H,2-7H2,1H3,(H,13,14)(H,17,18). The van der Waals surface area contributed by atoms with Crippen LogP contribution in [-0.4, -0.2) is 58.3 Å². The number of rotatable bonds is 6. The van der Waals surface area contributed by atoms with Crippen molar-refractivity contribution in [3.05, 3.63) is 11.4 Å². The van der Waals surface area contributed by atoms with E-state index in [0.29, 0.717) is 19.4 Å². The van der Waals surface area contributed by atoms with Gasteiger partial charge >= 0.3 is 5.97 Å². The normalized spacial score (nSPS) is 20.0. The fourth-order valence-corrected chi connectivity index (χ4v) is 4.75. The molecule has 0 aliphatic carbocycles. The number of aromatic carboxylic acids is 1. The van der Waals surface area contributed by atoms with Crippen LogP contribution in [0.25, 0.3) is 0 Å². The van der Waals surface area contributed by atoms with Crippen LogP contribution in [0.3, 0.4) is 0 Å². The van der Waals surface area contributed by atoms with Gasteiger partial charge in [-0.25, -0.2) is 13.2 Å². The Labute approximate surface area is 122 Å². The van der Waals surface area contributed by atoms with E-state index in [1.54, 1.807) is 0 Å². The minimum atomic E-state index is -3.90. The lowest BCUT2D eigenvalue weighted by Crippen LogP contribution is -2.36. The molecule has 1 saturated heterocycles. The number of carbonyl (C=O) groups is 1. The molecule has 1 fully saturated rings. The zero-order chi connectivity index (χ0) is 15.6. The Hall–Kier alpha value is -1.45. The Balaban J connectivity index is 2.38. The number of aliphatic hydroxyl groups is 1. The molecule has 1 unspecified atom stereocenters. The number of carboxylic acids is 1. The molecule has 2 heterocycles. The number of aliphatic hydroxyl groups excluding tert-OH is 1. The molecule has 1 aliphatic rings. The lowest BCUT2D eigenvalue weighted by atomic mass is 10.1. The average molecular weight is 317 g/mol. The summed E-state index contributed by atoms with van der Waals surface area (Å²) in [5, 5.41) is 24.0. The predicted molar refractivity (Wildman–Crippen MR) is 73.5 cm³/mol. The molecule has 1 atom stereocenters. The van der Waals surface area contributed by atoms with Crippen molar-refractivity contribution in [3.63, 3.8) is 0 Å². The van der Waals surface area contributed by atoms with E-state index in [1.807, 2.05) is 0 Å². The number of aryl methyl sites for hydroxylation is 1. The van der Waals surface area contributed by atoms with Crippen molar-refractivity contribution >= 4 is 16.0 Å². The van der Waals surface area contributed by atoms with Crippen LogP contribution in [0.2, 0.25) is 0 Å². The van der Waals surface area contributed by atoms with Crippen LogP contribution < -0.4 is 0 Å². The molecule has 1 aromatic heterocycles. The predicted octanol–water partition coefficient (Wildman–Crippen LogP) is 0.342. The molecule has 118 valence electrons. The number of hydrogen-bond acceptors (Lipinski definition) is 5. The van der Waals surface area contributed by atoms with E-state index in [2.05, 4.69) is 10.2 Å². The maximum absolute atomic E-state index is 12.8. The van der Waals surface area contributed by atoms with Gasteiger partial charge in [0, 0.05) is 19.2 Å². The van der Waals surface area contributed by atoms with Crippen molar-refractivity contribution < 1.29 is 23.4 Å². The first-order valence-electron chi connectivity index (χ1n) is 6.80. The van der Waals surface area contributed by atoms with Gasteiger partial charge in [0.1, 0.15) is 4.90 Å². The Kier molecular flexibility index (Phi) is 4.64. The summed E-state index contributed by atoms with van der Waals surface area (Å²) in [4.78, 5) is 10.9. The highest BCUT2D eigenvalue weighted by Gasteiger charge is 2.39. The van der Waals surface area contributed by atoms with Gasteiger partial charge < -0.3 is 10.2 Å². The molecule has 1 aromatic rings. The van der Waals surface area contributed by atoms with Crippen molar-refractivity contribution in [2.45, 2.75) is 43.5 Å². The molecule has 0 radical (unpaired) electrons. The highest BCUT2D eigenvalue weighted by molar-refractivity contribution is 7.89. The van der Waals surface area contributed by atoms with Gasteiger partial charge in [0.25, 0.3) is 0 Å². The lowest BCUT2D eigenvalue weighted by Gasteiger charge is -2.23. The first-order valence-corrected chi connectivity index (χ1v) is 8.24. The second-order valence-electron chi connectivity index (χ2n) is 5.11. The Morgan fingerprint density at radius 2 is 2.24 bits per heavy atom. The summed E-state index contributed by atoms with van der Waals surface area (Å²) in [6, 6.07) is -0.196. The van der Waals surface area contributed by atoms with Crippen LogP contribution in [0.15, 0.2) is 4.90 Å². The van der Waals surface area contributed by atoms with Gasteiger partial charge in [0.15, 0.2) is 5.69 Å². The first-order chi connectivity index (χ1) is 9.89. The smallest absolute Gasteiger partial charge is 0.357 e. The van der Waals surface area contributed by atoms with Crippen LogP contribution in [0.5, 0.6) is 0 Å². The summed E-state index contributed by atoms with van der Waals surface area (Å²) in [6.07, 6.45) is 2.54. The molecule has 0 amide bonds. The van der Waals surface area contributed by atoms with Crippen LogP contribution in [0.1, 0.15) is 41.9 Å². The van der Waals surface area contributed by atoms with Gasteiger partial charge in [0.2, 0.25) is 10.0 Å². The molecular weight excluding hydrogens is 298 g/mol. The zero-order valence-corrected chi connectivity index (χ0v) is 12.6. The zero-order valence-electron chi connectivity index (χ0n) is 11.7. The molecule has 1 aliphatic heterocycles. The van der Waals surface area contributed by atoms with E-state index >= 15 is 0 Å². The quantitative estimate of drug-likeness (QED) is 0.695. The third-order valence-electron chi connectivity index (χ3n) is 3.68. The molecule has 0 aromatic carbocycles. The summed E-state index contributed by atoms with van der Waals surface area (Å²) in [7, 11) is -3.90. The van der Waals surface area contributed by atoms with E-state index in [9.17, 15) is 13.2 Å². The third kappa shape index (κ3) is 2.94. The number of aromatic amines is 1. The summed E-state index contributed by atoms with van der Waals surface area (Å²) >= 11 is 0. The van der Waals surface area contributed by atoms with Crippen molar-refractivity contribution in [1.29, 1.82) is 0 Å². The minimum Gasteiger partial charge on any atom is -0.476 e. The second-order valence-corrected chi connectivity index (χ2v) is 6.94. The number of sulfonamides is 1. The number of nitrogens with one attached hydrogen (secondary N) is 1. The molecule has 9 heteroatoms. The Morgan fingerprint density at radius 3 is 2.86 bits per heavy atom. The molecule has 8 nitrogen and oxygen atoms in total. The average Bonchev–Trinajstić information content (AvgIpc) is 3.02. The summed E-state index contributed by atoms with van der Waals surface area (Å²) in [5.41, 5.74) is -0.250. The largest absolute Gasteiger partial charge is 0.476 e. The van der Waals surface area contributed by atoms with Crippen molar-refractivity contribution in [2.24, 2.45) is 0 Å². The molecule has 0 spiro atoms. The summed E-state index contributed by atoms with van der Waals surface area (Å²) in [6.45, 7) is 1.86. The number of aromatic nitrogens is 2. The number of H-pyrrole nitrogens is 1. The fourth-order valence-electron chi connectivity index (χ4n) is 2.74. The van der Waals surface area contributed by atoms with Gasteiger partial charge in [-0.2, -0.15) is 9.40 Å². The van der Waals surface area contributed by atoms with Gasteiger partial charge in [0.05, 0.1) is 5.69 Å². The first kappa shape index (κ1) is 15.9. The molecular formula is C12H19N3O5S. The van der Waals surface area contributed by atoms with Crippen molar-refractivity contribution in [2.75, 3.05) is 13.2 Å². The summed E-state index contributed by atoms with van der Waals surface area (Å²) in [5.74, 6) is -1.37. The number of carboxylic acid groups (broad SMARTS) is 1. The minimum absolute atomic E-state index is 0.00943. The van der Waals surface area contributed by atoms with Crippen LogP contribution >= 0.6 is 0 Å². The molecule has 3 N–H and O–H groups in total. The molecule has 0 bridgehead atoms. The van der Waals surface area contributed by atoms with Gasteiger partial charge in [-0.1, -0.05) is 0 Å². The van der Waals surface area contributed by atoms with E-state index < -0.39 is 21.7 Å². The molecule has 21 heavy (non-hydrogen) atoms. The van der Waals surface area contributed by atoms with Crippen molar-refractivity contribution in [3.8, 4) is 0 Å². The maximum Gasteiger partial charge on any atom is 0.357 e. The Morgan fingerprint density at radius 1 is 1.52 bits per heavy atom. The topological polar surface area (TPSA) is 124 Å². The maximum atomic E-state index is 12.8. The number of nitrogens with zero attached hydrogens (tertiary/aromatic N) is 2. The second kappa shape index (κ2) is 6.12. The monoisotopic (exact) mass is 317 g/mol. The highest BCUT2D eigenvalue weighted by atomic mass is 32.2. The SMILES string of the molecule is Cc1[nH]nc(C(=O)O)c1S(=O)(=O)N1CCCC1CCCO. The van der Waals surface area contributed by atoms with Crippen LogP contribution in [0, 0.1) is 6.92 Å². The fraction of sp³-hybridized carbons (Fsp3) is 0.667. The van der Waals surface area contributed by atoms with Gasteiger partial charge in [-0.3, -0.25) is 5.10 Å². The van der Waals surface area contributed by atoms with Gasteiger partial charge in [-0.15, -0.1) is 0 Å². The summed E-state index contributed by atoms with van der Waals surface area (Å²) < 4.78 is 26.9. The lowest BCUT2D eigenvalue weighted by molar-refractivity contribution is 0.0686. The van der Waals surface area contributed by atoms with Crippen LogP contribution in [0.4, 0.5) is 0 Å².